The van der Waals surface area contributed by atoms with Crippen molar-refractivity contribution in [3.05, 3.63) is 30.1 Å². The molecule has 1 aromatic rings. The predicted molar refractivity (Wildman–Crippen MR) is 71.9 cm³/mol. The van der Waals surface area contributed by atoms with Crippen LogP contribution in [0.5, 0.6) is 0 Å². The average Bonchev–Trinajstić information content (AvgIpc) is 2.34. The summed E-state index contributed by atoms with van der Waals surface area (Å²) in [6.45, 7) is 3.57. The molecule has 3 atom stereocenters. The average molecular weight is 232 g/mol. The molecule has 94 valence electrons. The molecule has 0 aliphatic heterocycles. The Morgan fingerprint density at radius 3 is 2.71 bits per heavy atom. The minimum atomic E-state index is 0.841. The first-order chi connectivity index (χ1) is 8.29. The molecule has 0 spiro atoms. The highest BCUT2D eigenvalue weighted by atomic mass is 14.8. The van der Waals surface area contributed by atoms with E-state index in [9.17, 15) is 0 Å². The minimum Gasteiger partial charge on any atom is -0.319 e. The SMILES string of the molecule is CNCC1CCC(C)CC1Cc1ccncc1. The Labute approximate surface area is 105 Å². The van der Waals surface area contributed by atoms with Gasteiger partial charge in [0.2, 0.25) is 0 Å². The van der Waals surface area contributed by atoms with Gasteiger partial charge in [0.05, 0.1) is 0 Å². The topological polar surface area (TPSA) is 24.9 Å². The van der Waals surface area contributed by atoms with E-state index >= 15 is 0 Å². The molecule has 1 N–H and O–H groups in total. The first kappa shape index (κ1) is 12.6. The first-order valence-electron chi connectivity index (χ1n) is 6.83. The van der Waals surface area contributed by atoms with Gasteiger partial charge in [-0.15, -0.1) is 0 Å². The molecule has 0 saturated heterocycles. The number of aromatic nitrogens is 1. The molecule has 0 amide bonds. The van der Waals surface area contributed by atoms with Crippen molar-refractivity contribution in [1.29, 1.82) is 0 Å². The van der Waals surface area contributed by atoms with Crippen molar-refractivity contribution in [3.63, 3.8) is 0 Å². The third kappa shape index (κ3) is 3.53. The van der Waals surface area contributed by atoms with Gasteiger partial charge in [-0.1, -0.05) is 13.3 Å². The Bertz CT molecular complexity index is 323. The fraction of sp³-hybridized carbons (Fsp3) is 0.667. The van der Waals surface area contributed by atoms with Gasteiger partial charge in [-0.3, -0.25) is 4.98 Å². The van der Waals surface area contributed by atoms with Gasteiger partial charge in [-0.2, -0.15) is 0 Å². The Balaban J connectivity index is 1.99. The highest BCUT2D eigenvalue weighted by Gasteiger charge is 2.27. The zero-order valence-electron chi connectivity index (χ0n) is 11.0. The van der Waals surface area contributed by atoms with E-state index in [2.05, 4.69) is 36.4 Å². The molecular weight excluding hydrogens is 208 g/mol. The highest BCUT2D eigenvalue weighted by Crippen LogP contribution is 2.35. The summed E-state index contributed by atoms with van der Waals surface area (Å²) in [5, 5.41) is 3.36. The maximum Gasteiger partial charge on any atom is 0.0270 e. The van der Waals surface area contributed by atoms with Crippen LogP contribution in [0.15, 0.2) is 24.5 Å². The number of rotatable bonds is 4. The van der Waals surface area contributed by atoms with E-state index < -0.39 is 0 Å². The molecule has 1 heterocycles. The zero-order valence-corrected chi connectivity index (χ0v) is 11.0. The maximum atomic E-state index is 4.10. The summed E-state index contributed by atoms with van der Waals surface area (Å²) >= 11 is 0. The zero-order chi connectivity index (χ0) is 12.1. The van der Waals surface area contributed by atoms with Crippen LogP contribution in [0.1, 0.15) is 31.7 Å². The Morgan fingerprint density at radius 2 is 2.00 bits per heavy atom. The summed E-state index contributed by atoms with van der Waals surface area (Å²) in [5.41, 5.74) is 1.44. The number of hydrogen-bond acceptors (Lipinski definition) is 2. The van der Waals surface area contributed by atoms with E-state index in [1.165, 1.54) is 37.8 Å². The van der Waals surface area contributed by atoms with Crippen molar-refractivity contribution >= 4 is 0 Å². The fourth-order valence-corrected chi connectivity index (χ4v) is 3.16. The Kier molecular flexibility index (Phi) is 4.55. The summed E-state index contributed by atoms with van der Waals surface area (Å²) in [6.07, 6.45) is 9.22. The largest absolute Gasteiger partial charge is 0.319 e. The van der Waals surface area contributed by atoms with Gasteiger partial charge in [0.25, 0.3) is 0 Å². The molecule has 2 nitrogen and oxygen atoms in total. The number of nitrogens with zero attached hydrogens (tertiary/aromatic N) is 1. The van der Waals surface area contributed by atoms with Gasteiger partial charge in [0.15, 0.2) is 0 Å². The second kappa shape index (κ2) is 6.15. The van der Waals surface area contributed by atoms with E-state index in [0.717, 1.165) is 17.8 Å². The third-order valence-electron chi connectivity index (χ3n) is 4.12. The van der Waals surface area contributed by atoms with Gasteiger partial charge in [-0.25, -0.2) is 0 Å². The molecule has 2 rings (SSSR count). The molecule has 3 unspecified atom stereocenters. The lowest BCUT2D eigenvalue weighted by molar-refractivity contribution is 0.186. The minimum absolute atomic E-state index is 0.841. The van der Waals surface area contributed by atoms with Crippen molar-refractivity contribution in [2.75, 3.05) is 13.6 Å². The molecule has 2 heteroatoms. The summed E-state index contributed by atoms with van der Waals surface area (Å²) < 4.78 is 0. The lowest BCUT2D eigenvalue weighted by Gasteiger charge is -2.35. The van der Waals surface area contributed by atoms with Gasteiger partial charge in [-0.05, 0) is 68.3 Å². The first-order valence-corrected chi connectivity index (χ1v) is 6.83. The van der Waals surface area contributed by atoms with Crippen molar-refractivity contribution in [2.24, 2.45) is 17.8 Å². The van der Waals surface area contributed by atoms with Gasteiger partial charge >= 0.3 is 0 Å². The lowest BCUT2D eigenvalue weighted by Crippen LogP contribution is -2.32. The van der Waals surface area contributed by atoms with Crippen LogP contribution in [-0.4, -0.2) is 18.6 Å². The molecule has 17 heavy (non-hydrogen) atoms. The van der Waals surface area contributed by atoms with E-state index in [-0.39, 0.29) is 0 Å². The van der Waals surface area contributed by atoms with E-state index in [4.69, 9.17) is 0 Å². The molecule has 0 bridgehead atoms. The van der Waals surface area contributed by atoms with Gasteiger partial charge < -0.3 is 5.32 Å². The number of nitrogens with one attached hydrogen (secondary N) is 1. The third-order valence-corrected chi connectivity index (χ3v) is 4.12. The lowest BCUT2D eigenvalue weighted by atomic mass is 9.72. The molecular formula is C15H24N2. The fourth-order valence-electron chi connectivity index (χ4n) is 3.16. The second-order valence-corrected chi connectivity index (χ2v) is 5.56. The number of pyridine rings is 1. The molecule has 1 aromatic heterocycles. The summed E-state index contributed by atoms with van der Waals surface area (Å²) in [6, 6.07) is 4.32. The van der Waals surface area contributed by atoms with Crippen molar-refractivity contribution in [2.45, 2.75) is 32.6 Å². The molecule has 0 aromatic carbocycles. The van der Waals surface area contributed by atoms with Crippen LogP contribution in [-0.2, 0) is 6.42 Å². The van der Waals surface area contributed by atoms with Crippen LogP contribution in [0.2, 0.25) is 0 Å². The van der Waals surface area contributed by atoms with Crippen molar-refractivity contribution in [3.8, 4) is 0 Å². The van der Waals surface area contributed by atoms with Crippen LogP contribution < -0.4 is 5.32 Å². The predicted octanol–water partition coefficient (Wildman–Crippen LogP) is 2.90. The monoisotopic (exact) mass is 232 g/mol. The van der Waals surface area contributed by atoms with Crippen LogP contribution in [0, 0.1) is 17.8 Å². The second-order valence-electron chi connectivity index (χ2n) is 5.56. The quantitative estimate of drug-likeness (QED) is 0.863. The number of hydrogen-bond donors (Lipinski definition) is 1. The van der Waals surface area contributed by atoms with Crippen LogP contribution in [0.3, 0.4) is 0 Å². The van der Waals surface area contributed by atoms with E-state index in [1.54, 1.807) is 0 Å². The molecule has 1 saturated carbocycles. The van der Waals surface area contributed by atoms with E-state index in [1.807, 2.05) is 12.4 Å². The van der Waals surface area contributed by atoms with Crippen LogP contribution in [0.25, 0.3) is 0 Å². The molecule has 1 aliphatic rings. The van der Waals surface area contributed by atoms with Gasteiger partial charge in [0, 0.05) is 12.4 Å². The standard InChI is InChI=1S/C15H24N2/c1-12-3-4-14(11-16-2)15(9-12)10-13-5-7-17-8-6-13/h5-8,12,14-16H,3-4,9-11H2,1-2H3. The van der Waals surface area contributed by atoms with Crippen LogP contribution in [0.4, 0.5) is 0 Å². The molecule has 1 aliphatic carbocycles. The normalized spacial score (nSPS) is 29.2. The summed E-state index contributed by atoms with van der Waals surface area (Å²) in [5.74, 6) is 2.59. The van der Waals surface area contributed by atoms with Crippen LogP contribution >= 0.6 is 0 Å². The summed E-state index contributed by atoms with van der Waals surface area (Å²) in [4.78, 5) is 4.10. The maximum absolute atomic E-state index is 4.10. The van der Waals surface area contributed by atoms with E-state index in [0.29, 0.717) is 0 Å². The van der Waals surface area contributed by atoms with Crippen molar-refractivity contribution in [1.82, 2.24) is 10.3 Å². The Hall–Kier alpha value is -0.890. The molecule has 0 radical (unpaired) electrons. The van der Waals surface area contributed by atoms with Crippen molar-refractivity contribution < 1.29 is 0 Å². The summed E-state index contributed by atoms with van der Waals surface area (Å²) in [7, 11) is 2.07. The molecule has 1 fully saturated rings. The Morgan fingerprint density at radius 1 is 1.24 bits per heavy atom. The van der Waals surface area contributed by atoms with Gasteiger partial charge in [0.1, 0.15) is 0 Å². The highest BCUT2D eigenvalue weighted by molar-refractivity contribution is 5.11. The smallest absolute Gasteiger partial charge is 0.0270 e.